The number of carbonyl (C=O) groups excluding carboxylic acids is 2. The molecule has 0 spiro atoms. The van der Waals surface area contributed by atoms with Crippen molar-refractivity contribution in [2.45, 2.75) is 80.3 Å². The van der Waals surface area contributed by atoms with E-state index in [1.165, 1.54) is 0 Å². The van der Waals surface area contributed by atoms with Crippen LogP contribution in [0.25, 0.3) is 0 Å². The standard InChI is InChI=1S/C18H32O4/c1-15(2,3)12-18(8,16(4,5)6)14(20)22-17(7)9-10-21-13(19)11-17/h9-12H2,1-8H3. The topological polar surface area (TPSA) is 52.6 Å². The van der Waals surface area contributed by atoms with E-state index in [0.717, 1.165) is 6.42 Å². The highest BCUT2D eigenvalue weighted by molar-refractivity contribution is 5.79. The van der Waals surface area contributed by atoms with Crippen molar-refractivity contribution in [1.29, 1.82) is 0 Å². The number of cyclic esters (lactones) is 1. The number of hydrogen-bond donors (Lipinski definition) is 0. The highest BCUT2D eigenvalue weighted by atomic mass is 16.6. The molecule has 0 amide bonds. The number of carbonyl (C=O) groups is 2. The number of rotatable bonds is 3. The molecule has 22 heavy (non-hydrogen) atoms. The number of ether oxygens (including phenoxy) is 2. The maximum atomic E-state index is 13.0. The zero-order valence-corrected chi connectivity index (χ0v) is 15.5. The molecule has 1 fully saturated rings. The molecule has 1 rings (SSSR count). The van der Waals surface area contributed by atoms with Gasteiger partial charge in [0.05, 0.1) is 18.4 Å². The third kappa shape index (κ3) is 4.47. The van der Waals surface area contributed by atoms with E-state index in [-0.39, 0.29) is 29.2 Å². The zero-order valence-electron chi connectivity index (χ0n) is 15.5. The lowest BCUT2D eigenvalue weighted by atomic mass is 9.61. The van der Waals surface area contributed by atoms with Gasteiger partial charge in [-0.3, -0.25) is 9.59 Å². The predicted molar refractivity (Wildman–Crippen MR) is 86.3 cm³/mol. The van der Waals surface area contributed by atoms with Gasteiger partial charge in [-0.1, -0.05) is 41.5 Å². The Morgan fingerprint density at radius 2 is 1.73 bits per heavy atom. The molecule has 0 N–H and O–H groups in total. The smallest absolute Gasteiger partial charge is 0.312 e. The van der Waals surface area contributed by atoms with Crippen molar-refractivity contribution in [2.24, 2.45) is 16.2 Å². The van der Waals surface area contributed by atoms with Crippen LogP contribution in [-0.2, 0) is 19.1 Å². The molecule has 128 valence electrons. The first-order chi connectivity index (χ1) is 9.69. The Hall–Kier alpha value is -1.06. The third-order valence-corrected chi connectivity index (χ3v) is 4.74. The first-order valence-corrected chi connectivity index (χ1v) is 8.08. The summed E-state index contributed by atoms with van der Waals surface area (Å²) >= 11 is 0. The van der Waals surface area contributed by atoms with E-state index in [0.29, 0.717) is 13.0 Å². The molecule has 0 aromatic carbocycles. The van der Waals surface area contributed by atoms with Crippen LogP contribution < -0.4 is 0 Å². The second kappa shape index (κ2) is 5.86. The van der Waals surface area contributed by atoms with Crippen molar-refractivity contribution in [3.63, 3.8) is 0 Å². The van der Waals surface area contributed by atoms with Crippen LogP contribution in [0.4, 0.5) is 0 Å². The Labute approximate surface area is 134 Å². The lowest BCUT2D eigenvalue weighted by molar-refractivity contribution is -0.190. The average molecular weight is 312 g/mol. The molecule has 1 heterocycles. The van der Waals surface area contributed by atoms with Crippen LogP contribution in [0.1, 0.15) is 74.7 Å². The van der Waals surface area contributed by atoms with Crippen molar-refractivity contribution < 1.29 is 19.1 Å². The molecule has 4 nitrogen and oxygen atoms in total. The number of esters is 2. The first-order valence-electron chi connectivity index (χ1n) is 8.08. The monoisotopic (exact) mass is 312 g/mol. The van der Waals surface area contributed by atoms with E-state index in [1.807, 2.05) is 13.8 Å². The summed E-state index contributed by atoms with van der Waals surface area (Å²) in [6.07, 6.45) is 1.41. The summed E-state index contributed by atoms with van der Waals surface area (Å²) < 4.78 is 10.8. The summed E-state index contributed by atoms with van der Waals surface area (Å²) in [6.45, 7) is 16.7. The third-order valence-electron chi connectivity index (χ3n) is 4.74. The summed E-state index contributed by atoms with van der Waals surface area (Å²) in [5, 5.41) is 0. The fourth-order valence-electron chi connectivity index (χ4n) is 2.95. The lowest BCUT2D eigenvalue weighted by Gasteiger charge is -2.45. The normalized spacial score (nSPS) is 26.1. The number of hydrogen-bond acceptors (Lipinski definition) is 4. The van der Waals surface area contributed by atoms with Gasteiger partial charge in [0, 0.05) is 6.42 Å². The SMILES string of the molecule is CC(C)(C)CC(C)(C(=O)OC1(C)CCOC(=O)C1)C(C)(C)C. The fourth-order valence-corrected chi connectivity index (χ4v) is 2.95. The van der Waals surface area contributed by atoms with Gasteiger partial charge in [-0.25, -0.2) is 0 Å². The summed E-state index contributed by atoms with van der Waals surface area (Å²) in [4.78, 5) is 24.5. The van der Waals surface area contributed by atoms with Crippen molar-refractivity contribution >= 4 is 11.9 Å². The Kier molecular flexibility index (Phi) is 5.06. The molecule has 2 atom stereocenters. The van der Waals surface area contributed by atoms with Gasteiger partial charge in [-0.15, -0.1) is 0 Å². The van der Waals surface area contributed by atoms with E-state index in [4.69, 9.17) is 9.47 Å². The van der Waals surface area contributed by atoms with E-state index < -0.39 is 11.0 Å². The van der Waals surface area contributed by atoms with Crippen molar-refractivity contribution in [1.82, 2.24) is 0 Å². The fraction of sp³-hybridized carbons (Fsp3) is 0.889. The van der Waals surface area contributed by atoms with Gasteiger partial charge < -0.3 is 9.47 Å². The maximum absolute atomic E-state index is 13.0. The molecule has 1 aliphatic heterocycles. The minimum Gasteiger partial charge on any atom is -0.465 e. The van der Waals surface area contributed by atoms with Crippen molar-refractivity contribution in [3.8, 4) is 0 Å². The molecule has 4 heteroatoms. The predicted octanol–water partition coefficient (Wildman–Crippen LogP) is 4.11. The molecular weight excluding hydrogens is 280 g/mol. The van der Waals surface area contributed by atoms with E-state index in [9.17, 15) is 9.59 Å². The van der Waals surface area contributed by atoms with Gasteiger partial charge in [0.1, 0.15) is 5.60 Å². The summed E-state index contributed by atoms with van der Waals surface area (Å²) in [5.74, 6) is -0.512. The van der Waals surface area contributed by atoms with Gasteiger partial charge in [0.25, 0.3) is 0 Å². The lowest BCUT2D eigenvalue weighted by Crippen LogP contribution is -2.49. The molecule has 1 aliphatic rings. The quantitative estimate of drug-likeness (QED) is 0.736. The zero-order chi connectivity index (χ0) is 17.4. The average Bonchev–Trinajstić information content (AvgIpc) is 2.23. The molecule has 0 bridgehead atoms. The minimum absolute atomic E-state index is 0.00739. The Bertz CT molecular complexity index is 441. The molecule has 1 saturated heterocycles. The van der Waals surface area contributed by atoms with Crippen LogP contribution in [-0.4, -0.2) is 24.1 Å². The van der Waals surface area contributed by atoms with Crippen molar-refractivity contribution in [2.75, 3.05) is 6.61 Å². The van der Waals surface area contributed by atoms with Crippen LogP contribution in [0.5, 0.6) is 0 Å². The van der Waals surface area contributed by atoms with Gasteiger partial charge >= 0.3 is 11.9 Å². The molecule has 2 unspecified atom stereocenters. The molecular formula is C18H32O4. The first kappa shape index (κ1) is 19.0. The van der Waals surface area contributed by atoms with Crippen LogP contribution in [0, 0.1) is 16.2 Å². The van der Waals surface area contributed by atoms with Gasteiger partial charge in [0.2, 0.25) is 0 Å². The van der Waals surface area contributed by atoms with Crippen LogP contribution in [0.2, 0.25) is 0 Å². The summed E-state index contributed by atoms with van der Waals surface area (Å²) in [6, 6.07) is 0. The molecule has 0 aliphatic carbocycles. The van der Waals surface area contributed by atoms with E-state index >= 15 is 0 Å². The Balaban J connectivity index is 3.01. The van der Waals surface area contributed by atoms with Gasteiger partial charge in [-0.05, 0) is 31.1 Å². The highest BCUT2D eigenvalue weighted by Gasteiger charge is 2.50. The van der Waals surface area contributed by atoms with E-state index in [2.05, 4.69) is 41.5 Å². The van der Waals surface area contributed by atoms with Crippen LogP contribution >= 0.6 is 0 Å². The Morgan fingerprint density at radius 3 is 2.14 bits per heavy atom. The van der Waals surface area contributed by atoms with E-state index in [1.54, 1.807) is 0 Å². The maximum Gasteiger partial charge on any atom is 0.312 e. The molecule has 0 aromatic heterocycles. The second-order valence-corrected chi connectivity index (χ2v) is 9.31. The van der Waals surface area contributed by atoms with Crippen LogP contribution in [0.15, 0.2) is 0 Å². The molecule has 0 aromatic rings. The Morgan fingerprint density at radius 1 is 1.18 bits per heavy atom. The summed E-state index contributed by atoms with van der Waals surface area (Å²) in [5.41, 5.74) is -1.59. The molecule has 0 saturated carbocycles. The summed E-state index contributed by atoms with van der Waals surface area (Å²) in [7, 11) is 0. The molecule has 0 radical (unpaired) electrons. The van der Waals surface area contributed by atoms with Gasteiger partial charge in [-0.2, -0.15) is 0 Å². The second-order valence-electron chi connectivity index (χ2n) is 9.31. The van der Waals surface area contributed by atoms with Crippen molar-refractivity contribution in [3.05, 3.63) is 0 Å². The van der Waals surface area contributed by atoms with Crippen LogP contribution in [0.3, 0.4) is 0 Å². The largest absolute Gasteiger partial charge is 0.465 e. The highest BCUT2D eigenvalue weighted by Crippen LogP contribution is 2.48. The van der Waals surface area contributed by atoms with Gasteiger partial charge in [0.15, 0.2) is 0 Å². The minimum atomic E-state index is -0.753.